The molecule has 2 aromatic heterocycles. The summed E-state index contributed by atoms with van der Waals surface area (Å²) < 4.78 is 5.01. The molecule has 0 aromatic carbocycles. The van der Waals surface area contributed by atoms with Gasteiger partial charge in [-0.15, -0.1) is 5.10 Å². The number of nitrogens with zero attached hydrogens (tertiary/aromatic N) is 3. The molecule has 66 valence electrons. The molecule has 0 N–H and O–H groups in total. The van der Waals surface area contributed by atoms with Crippen molar-refractivity contribution < 1.29 is 4.42 Å². The van der Waals surface area contributed by atoms with E-state index in [4.69, 9.17) is 16.0 Å². The Balaban J connectivity index is 2.46. The number of halogens is 1. The van der Waals surface area contributed by atoms with E-state index in [9.17, 15) is 0 Å². The summed E-state index contributed by atoms with van der Waals surface area (Å²) in [6.07, 6.45) is 0. The summed E-state index contributed by atoms with van der Waals surface area (Å²) in [4.78, 5) is 4.20. The lowest BCUT2D eigenvalue weighted by atomic mass is 10.3. The largest absolute Gasteiger partial charge is 0.406 e. The van der Waals surface area contributed by atoms with Crippen LogP contribution in [0.5, 0.6) is 0 Å². The second kappa shape index (κ2) is 3.14. The quantitative estimate of drug-likeness (QED) is 0.699. The normalized spacial score (nSPS) is 10.3. The molecule has 0 spiro atoms. The van der Waals surface area contributed by atoms with Gasteiger partial charge in [0.25, 0.3) is 5.89 Å². The minimum absolute atomic E-state index is 0.0262. The maximum absolute atomic E-state index is 5.48. The molecule has 0 radical (unpaired) electrons. The van der Waals surface area contributed by atoms with E-state index >= 15 is 0 Å². The number of rotatable bonds is 1. The molecule has 0 saturated heterocycles. The third-order valence-electron chi connectivity index (χ3n) is 1.51. The molecule has 13 heavy (non-hydrogen) atoms. The summed E-state index contributed by atoms with van der Waals surface area (Å²) in [5.41, 5.74) is 1.53. The van der Waals surface area contributed by atoms with Crippen molar-refractivity contribution in [1.82, 2.24) is 15.2 Å². The Labute approximate surface area is 79.6 Å². The minimum Gasteiger partial charge on any atom is -0.406 e. The summed E-state index contributed by atoms with van der Waals surface area (Å²) >= 11 is 5.48. The predicted octanol–water partition coefficient (Wildman–Crippen LogP) is 2.09. The predicted molar refractivity (Wildman–Crippen MR) is 47.3 cm³/mol. The van der Waals surface area contributed by atoms with Gasteiger partial charge in [0.2, 0.25) is 0 Å². The van der Waals surface area contributed by atoms with Crippen LogP contribution in [0.2, 0.25) is 5.35 Å². The summed E-state index contributed by atoms with van der Waals surface area (Å²) in [6, 6.07) is 5.55. The van der Waals surface area contributed by atoms with Crippen LogP contribution in [0.3, 0.4) is 0 Å². The van der Waals surface area contributed by atoms with Crippen LogP contribution in [0, 0.1) is 6.92 Å². The van der Waals surface area contributed by atoms with E-state index in [1.54, 1.807) is 6.07 Å². The molecule has 0 bridgehead atoms. The van der Waals surface area contributed by atoms with Crippen LogP contribution < -0.4 is 0 Å². The van der Waals surface area contributed by atoms with Gasteiger partial charge in [-0.2, -0.15) is 0 Å². The van der Waals surface area contributed by atoms with Gasteiger partial charge in [-0.3, -0.25) is 0 Å². The summed E-state index contributed by atoms with van der Waals surface area (Å²) in [7, 11) is 0. The zero-order valence-electron chi connectivity index (χ0n) is 6.86. The number of hydrogen-bond donors (Lipinski definition) is 0. The molecular weight excluding hydrogens is 190 g/mol. The van der Waals surface area contributed by atoms with Crippen molar-refractivity contribution >= 4 is 11.6 Å². The molecule has 0 saturated carbocycles. The molecule has 0 fully saturated rings. The number of aryl methyl sites for hydroxylation is 1. The first-order valence-corrected chi connectivity index (χ1v) is 4.06. The average molecular weight is 196 g/mol. The first kappa shape index (κ1) is 8.19. The van der Waals surface area contributed by atoms with Crippen molar-refractivity contribution in [2.24, 2.45) is 0 Å². The van der Waals surface area contributed by atoms with Gasteiger partial charge in [0.05, 0.1) is 0 Å². The molecule has 0 aliphatic carbocycles. The van der Waals surface area contributed by atoms with E-state index in [-0.39, 0.29) is 5.35 Å². The first-order chi connectivity index (χ1) is 6.25. The van der Waals surface area contributed by atoms with Crippen molar-refractivity contribution in [3.05, 3.63) is 29.2 Å². The fourth-order valence-electron chi connectivity index (χ4n) is 0.971. The Morgan fingerprint density at radius 1 is 1.31 bits per heavy atom. The highest BCUT2D eigenvalue weighted by Gasteiger charge is 2.07. The first-order valence-electron chi connectivity index (χ1n) is 3.69. The molecule has 2 heterocycles. The van der Waals surface area contributed by atoms with E-state index in [1.807, 2.05) is 19.1 Å². The molecule has 0 unspecified atom stereocenters. The van der Waals surface area contributed by atoms with Gasteiger partial charge in [-0.1, -0.05) is 11.2 Å². The van der Waals surface area contributed by atoms with Crippen molar-refractivity contribution in [2.75, 3.05) is 0 Å². The summed E-state index contributed by atoms with van der Waals surface area (Å²) in [5, 5.41) is 7.27. The van der Waals surface area contributed by atoms with Gasteiger partial charge in [0.1, 0.15) is 5.69 Å². The van der Waals surface area contributed by atoms with Gasteiger partial charge in [-0.25, -0.2) is 4.98 Å². The highest BCUT2D eigenvalue weighted by Crippen LogP contribution is 2.17. The molecule has 0 aliphatic heterocycles. The molecule has 0 atom stereocenters. The third kappa shape index (κ3) is 1.67. The van der Waals surface area contributed by atoms with Gasteiger partial charge < -0.3 is 4.42 Å². The SMILES string of the molecule is Cc1cccc(-c2nnc(Cl)o2)n1. The standard InChI is InChI=1S/C8H6ClN3O/c1-5-3-2-4-6(10-5)7-11-12-8(9)13-7/h2-4H,1H3. The Bertz CT molecular complexity index is 427. The van der Waals surface area contributed by atoms with E-state index < -0.39 is 0 Å². The monoisotopic (exact) mass is 195 g/mol. The highest BCUT2D eigenvalue weighted by molar-refractivity contribution is 6.27. The molecule has 4 nitrogen and oxygen atoms in total. The fraction of sp³-hybridized carbons (Fsp3) is 0.125. The average Bonchev–Trinajstić information content (AvgIpc) is 2.52. The molecule has 2 aromatic rings. The van der Waals surface area contributed by atoms with E-state index in [1.165, 1.54) is 0 Å². The Morgan fingerprint density at radius 2 is 2.15 bits per heavy atom. The van der Waals surface area contributed by atoms with Crippen molar-refractivity contribution in [3.8, 4) is 11.6 Å². The van der Waals surface area contributed by atoms with E-state index in [0.717, 1.165) is 5.69 Å². The zero-order chi connectivity index (χ0) is 9.26. The molecule has 0 amide bonds. The lowest BCUT2D eigenvalue weighted by molar-refractivity contribution is 0.568. The number of hydrogen-bond acceptors (Lipinski definition) is 4. The van der Waals surface area contributed by atoms with Crippen LogP contribution in [-0.4, -0.2) is 15.2 Å². The highest BCUT2D eigenvalue weighted by atomic mass is 35.5. The topological polar surface area (TPSA) is 51.8 Å². The maximum atomic E-state index is 5.48. The van der Waals surface area contributed by atoms with Crippen molar-refractivity contribution in [3.63, 3.8) is 0 Å². The lowest BCUT2D eigenvalue weighted by Gasteiger charge is -1.94. The Morgan fingerprint density at radius 3 is 2.77 bits per heavy atom. The number of pyridine rings is 1. The second-order valence-electron chi connectivity index (χ2n) is 2.52. The van der Waals surface area contributed by atoms with Crippen LogP contribution >= 0.6 is 11.6 Å². The van der Waals surface area contributed by atoms with Gasteiger partial charge >= 0.3 is 5.35 Å². The number of aromatic nitrogens is 3. The third-order valence-corrected chi connectivity index (χ3v) is 1.66. The van der Waals surface area contributed by atoms with Gasteiger partial charge in [-0.05, 0) is 30.7 Å². The Hall–Kier alpha value is -1.42. The Kier molecular flexibility index (Phi) is 1.98. The van der Waals surface area contributed by atoms with Crippen LogP contribution in [0.25, 0.3) is 11.6 Å². The second-order valence-corrected chi connectivity index (χ2v) is 2.85. The molecule has 5 heteroatoms. The molecule has 2 rings (SSSR count). The van der Waals surface area contributed by atoms with Gasteiger partial charge in [0.15, 0.2) is 0 Å². The minimum atomic E-state index is 0.0262. The zero-order valence-corrected chi connectivity index (χ0v) is 7.62. The molecular formula is C8H6ClN3O. The van der Waals surface area contributed by atoms with Gasteiger partial charge in [0, 0.05) is 5.69 Å². The lowest BCUT2D eigenvalue weighted by Crippen LogP contribution is -1.85. The van der Waals surface area contributed by atoms with Crippen molar-refractivity contribution in [1.29, 1.82) is 0 Å². The van der Waals surface area contributed by atoms with Crippen LogP contribution in [0.4, 0.5) is 0 Å². The van der Waals surface area contributed by atoms with Crippen molar-refractivity contribution in [2.45, 2.75) is 6.92 Å². The van der Waals surface area contributed by atoms with E-state index in [2.05, 4.69) is 15.2 Å². The summed E-state index contributed by atoms with van der Waals surface area (Å²) in [6.45, 7) is 1.89. The smallest absolute Gasteiger partial charge is 0.313 e. The van der Waals surface area contributed by atoms with Crippen LogP contribution in [0.15, 0.2) is 22.6 Å². The van der Waals surface area contributed by atoms with Crippen LogP contribution in [-0.2, 0) is 0 Å². The van der Waals surface area contributed by atoms with E-state index in [0.29, 0.717) is 11.6 Å². The maximum Gasteiger partial charge on any atom is 0.313 e. The molecule has 0 aliphatic rings. The van der Waals surface area contributed by atoms with Crippen LogP contribution in [0.1, 0.15) is 5.69 Å². The fourth-order valence-corrected chi connectivity index (χ4v) is 1.08. The summed E-state index contributed by atoms with van der Waals surface area (Å²) in [5.74, 6) is 0.341.